The van der Waals surface area contributed by atoms with Gasteiger partial charge >= 0.3 is 0 Å². The second kappa shape index (κ2) is 12.3. The van der Waals surface area contributed by atoms with Crippen molar-refractivity contribution in [1.29, 1.82) is 0 Å². The minimum absolute atomic E-state index is 0.669. The average molecular weight is 552 g/mol. The average Bonchev–Trinajstić information content (AvgIpc) is 2.99. The van der Waals surface area contributed by atoms with Crippen molar-refractivity contribution < 1.29 is 28.4 Å². The van der Waals surface area contributed by atoms with E-state index in [2.05, 4.69) is 12.1 Å². The van der Waals surface area contributed by atoms with Crippen molar-refractivity contribution in [2.45, 2.75) is 4.90 Å². The van der Waals surface area contributed by atoms with E-state index >= 15 is 0 Å². The summed E-state index contributed by atoms with van der Waals surface area (Å²) in [7, 11) is 9.99. The van der Waals surface area contributed by atoms with Crippen LogP contribution >= 0.6 is 17.8 Å². The SMILES string of the molecule is COc1cccc(OC)c1[P+](Sc1ccccc1)(c1c(OC)cccc1OC)c1c(OC)cccc1OC. The van der Waals surface area contributed by atoms with Gasteiger partial charge in [0.25, 0.3) is 0 Å². The van der Waals surface area contributed by atoms with Crippen LogP contribution in [0.1, 0.15) is 0 Å². The molecule has 0 fully saturated rings. The number of benzene rings is 4. The van der Waals surface area contributed by atoms with E-state index in [0.29, 0.717) is 34.5 Å². The Labute approximate surface area is 228 Å². The van der Waals surface area contributed by atoms with Crippen LogP contribution in [-0.4, -0.2) is 42.7 Å². The first-order valence-corrected chi connectivity index (χ1v) is 15.1. The lowest BCUT2D eigenvalue weighted by molar-refractivity contribution is 0.398. The summed E-state index contributed by atoms with van der Waals surface area (Å²) in [6.07, 6.45) is 0. The van der Waals surface area contributed by atoms with Gasteiger partial charge in [-0.1, -0.05) is 36.4 Å². The number of rotatable bonds is 11. The monoisotopic (exact) mass is 551 g/mol. The van der Waals surface area contributed by atoms with Crippen LogP contribution in [0, 0.1) is 0 Å². The fraction of sp³-hybridized carbons (Fsp3) is 0.200. The highest BCUT2D eigenvalue weighted by molar-refractivity contribution is 8.69. The van der Waals surface area contributed by atoms with E-state index in [9.17, 15) is 0 Å². The topological polar surface area (TPSA) is 55.4 Å². The molecule has 0 heterocycles. The van der Waals surface area contributed by atoms with Crippen molar-refractivity contribution in [3.05, 3.63) is 84.9 Å². The summed E-state index contributed by atoms with van der Waals surface area (Å²) in [5, 5.41) is 2.60. The molecule has 0 unspecified atom stereocenters. The molecule has 8 heteroatoms. The zero-order valence-electron chi connectivity index (χ0n) is 22.4. The highest BCUT2D eigenvalue weighted by Crippen LogP contribution is 2.75. The minimum atomic E-state index is -2.93. The van der Waals surface area contributed by atoms with Crippen LogP contribution in [0.4, 0.5) is 0 Å². The Kier molecular flexibility index (Phi) is 8.93. The molecule has 198 valence electrons. The van der Waals surface area contributed by atoms with E-state index in [1.165, 1.54) is 0 Å². The van der Waals surface area contributed by atoms with Crippen molar-refractivity contribution >= 4 is 33.8 Å². The molecule has 4 rings (SSSR count). The first kappa shape index (κ1) is 27.5. The van der Waals surface area contributed by atoms with Crippen LogP contribution in [0.2, 0.25) is 0 Å². The lowest BCUT2D eigenvalue weighted by Crippen LogP contribution is -2.34. The maximum Gasteiger partial charge on any atom is 0.200 e. The molecule has 0 saturated heterocycles. The van der Waals surface area contributed by atoms with Gasteiger partial charge in [-0.05, 0) is 48.5 Å². The third-order valence-corrected chi connectivity index (χ3v) is 13.2. The van der Waals surface area contributed by atoms with Crippen molar-refractivity contribution in [2.75, 3.05) is 42.7 Å². The van der Waals surface area contributed by atoms with E-state index in [4.69, 9.17) is 28.4 Å². The number of methoxy groups -OCH3 is 6. The quantitative estimate of drug-likeness (QED) is 0.220. The van der Waals surface area contributed by atoms with Crippen molar-refractivity contribution in [3.63, 3.8) is 0 Å². The van der Waals surface area contributed by atoms with Crippen LogP contribution in [0.5, 0.6) is 34.5 Å². The molecule has 38 heavy (non-hydrogen) atoms. The largest absolute Gasteiger partial charge is 0.492 e. The molecule has 4 aromatic rings. The molecule has 4 aromatic carbocycles. The highest BCUT2D eigenvalue weighted by Gasteiger charge is 2.59. The number of ether oxygens (including phenoxy) is 6. The molecular weight excluding hydrogens is 519 g/mol. The Morgan fingerprint density at radius 3 is 0.947 bits per heavy atom. The van der Waals surface area contributed by atoms with Gasteiger partial charge in [0.05, 0.1) is 54.0 Å². The van der Waals surface area contributed by atoms with Crippen LogP contribution in [-0.2, 0) is 0 Å². The zero-order chi connectivity index (χ0) is 27.1. The van der Waals surface area contributed by atoms with E-state index in [1.54, 1.807) is 54.0 Å². The lowest BCUT2D eigenvalue weighted by atomic mass is 10.3. The molecule has 0 spiro atoms. The van der Waals surface area contributed by atoms with Crippen LogP contribution in [0.25, 0.3) is 0 Å². The van der Waals surface area contributed by atoms with Gasteiger partial charge in [0.15, 0.2) is 56.9 Å². The van der Waals surface area contributed by atoms with Gasteiger partial charge in [-0.15, -0.1) is 0 Å². The standard InChI is InChI=1S/C30H32O6PS/c1-31-22-15-10-16-23(32-2)28(22)37(38-21-13-8-7-9-14-21,29-24(33-3)17-11-18-25(29)34-4)30-26(35-5)19-12-20-27(30)36-6/h7-20H,1-6H3/q+1. The molecule has 0 atom stereocenters. The molecule has 0 N–H and O–H groups in total. The summed E-state index contributed by atoms with van der Waals surface area (Å²) in [5.74, 6) is 4.01. The van der Waals surface area contributed by atoms with Crippen molar-refractivity contribution in [1.82, 2.24) is 0 Å². The number of hydrogen-bond donors (Lipinski definition) is 0. The predicted molar refractivity (Wildman–Crippen MR) is 157 cm³/mol. The molecule has 6 nitrogen and oxygen atoms in total. The molecule has 0 radical (unpaired) electrons. The Morgan fingerprint density at radius 2 is 0.684 bits per heavy atom. The summed E-state index contributed by atoms with van der Waals surface area (Å²) in [5.41, 5.74) is 0. The fourth-order valence-electron chi connectivity index (χ4n) is 4.54. The van der Waals surface area contributed by atoms with Gasteiger partial charge in [-0.2, -0.15) is 0 Å². The Hall–Kier alpha value is -3.54. The third kappa shape index (κ3) is 4.84. The fourth-order valence-corrected chi connectivity index (χ4v) is 12.7. The van der Waals surface area contributed by atoms with E-state index in [-0.39, 0.29) is 0 Å². The van der Waals surface area contributed by atoms with Gasteiger partial charge < -0.3 is 28.4 Å². The smallest absolute Gasteiger partial charge is 0.200 e. The summed E-state index contributed by atoms with van der Waals surface area (Å²) in [6, 6.07) is 27.7. The summed E-state index contributed by atoms with van der Waals surface area (Å²) >= 11 is 1.70. The minimum Gasteiger partial charge on any atom is -0.492 e. The third-order valence-electron chi connectivity index (χ3n) is 6.14. The first-order valence-electron chi connectivity index (χ1n) is 11.9. The van der Waals surface area contributed by atoms with E-state index < -0.39 is 6.46 Å². The van der Waals surface area contributed by atoms with E-state index in [0.717, 1.165) is 20.8 Å². The molecular formula is C30H32O6PS+. The van der Waals surface area contributed by atoms with Crippen LogP contribution in [0.15, 0.2) is 89.8 Å². The van der Waals surface area contributed by atoms with Crippen molar-refractivity contribution in [3.8, 4) is 34.5 Å². The maximum atomic E-state index is 6.04. The van der Waals surface area contributed by atoms with Gasteiger partial charge in [0.2, 0.25) is 0 Å². The molecule has 0 aliphatic heterocycles. The molecule has 0 aromatic heterocycles. The highest BCUT2D eigenvalue weighted by atomic mass is 32.7. The van der Waals surface area contributed by atoms with Gasteiger partial charge in [-0.3, -0.25) is 0 Å². The van der Waals surface area contributed by atoms with Gasteiger partial charge in [0.1, 0.15) is 0 Å². The lowest BCUT2D eigenvalue weighted by Gasteiger charge is -2.31. The molecule has 0 aliphatic carbocycles. The second-order valence-corrected chi connectivity index (χ2v) is 13.5. The second-order valence-electron chi connectivity index (χ2n) is 8.05. The molecule has 0 aliphatic rings. The predicted octanol–water partition coefficient (Wildman–Crippen LogP) is 5.74. The maximum absolute atomic E-state index is 6.04. The Balaban J connectivity index is 2.35. The Bertz CT molecular complexity index is 1180. The molecule has 0 saturated carbocycles. The summed E-state index contributed by atoms with van der Waals surface area (Å²) < 4.78 is 36.2. The van der Waals surface area contributed by atoms with Gasteiger partial charge in [-0.25, -0.2) is 0 Å². The summed E-state index contributed by atoms with van der Waals surface area (Å²) in [6.45, 7) is -2.93. The van der Waals surface area contributed by atoms with Crippen molar-refractivity contribution in [2.24, 2.45) is 0 Å². The number of hydrogen-bond acceptors (Lipinski definition) is 7. The van der Waals surface area contributed by atoms with Crippen LogP contribution < -0.4 is 44.3 Å². The Morgan fingerprint density at radius 1 is 0.395 bits per heavy atom. The summed E-state index contributed by atoms with van der Waals surface area (Å²) in [4.78, 5) is 1.04. The normalized spacial score (nSPS) is 11.0. The van der Waals surface area contributed by atoms with E-state index in [1.807, 2.05) is 72.8 Å². The van der Waals surface area contributed by atoms with Gasteiger partial charge in [0, 0.05) is 4.90 Å². The first-order chi connectivity index (χ1) is 18.6. The van der Waals surface area contributed by atoms with Crippen LogP contribution in [0.3, 0.4) is 0 Å². The molecule has 0 amide bonds. The zero-order valence-corrected chi connectivity index (χ0v) is 24.1. The molecule has 0 bridgehead atoms.